The van der Waals surface area contributed by atoms with Crippen LogP contribution in [-0.4, -0.2) is 0 Å². The molecule has 1 aromatic heterocycles. The average molecular weight is 243 g/mol. The fourth-order valence-electron chi connectivity index (χ4n) is 1.19. The monoisotopic (exact) mass is 242 g/mol. The molecule has 0 fully saturated rings. The molecule has 0 atom stereocenters. The fraction of sp³-hybridized carbons (Fsp3) is 0. The molecule has 1 aromatic carbocycles. The molecule has 0 aliphatic rings. The molecule has 1 N–H and O–H groups in total. The minimum absolute atomic E-state index is 0. The number of hydrogen-bond acceptors (Lipinski definition) is 0. The Kier molecular flexibility index (Phi) is 5.03. The second kappa shape index (κ2) is 5.81. The van der Waals surface area contributed by atoms with Gasteiger partial charge in [-0.05, 0) is 18.2 Å². The van der Waals surface area contributed by atoms with Crippen LogP contribution in [0.2, 0.25) is 0 Å². The Labute approximate surface area is 128 Å². The van der Waals surface area contributed by atoms with E-state index < -0.39 is 0 Å². The number of rotatable bonds is 1. The van der Waals surface area contributed by atoms with Crippen LogP contribution in [0, 0.1) is 0 Å². The van der Waals surface area contributed by atoms with Gasteiger partial charge in [0.15, 0.2) is 6.20 Å². The van der Waals surface area contributed by atoms with E-state index in [1.807, 2.05) is 36.5 Å². The smallest absolute Gasteiger partial charge is 1.00 e. The van der Waals surface area contributed by atoms with Crippen molar-refractivity contribution in [1.29, 1.82) is 0 Å². The summed E-state index contributed by atoms with van der Waals surface area (Å²) in [5.74, 6) is 0. The fourth-order valence-corrected chi connectivity index (χ4v) is 1.19. The number of aromatic nitrogens is 1. The van der Waals surface area contributed by atoms with Crippen LogP contribution in [0.15, 0.2) is 54.7 Å². The quantitative estimate of drug-likeness (QED) is 0.627. The predicted molar refractivity (Wildman–Crippen MR) is 49.5 cm³/mol. The molecule has 60 valence electrons. The molecule has 0 unspecified atom stereocenters. The number of hydrogen-bond donors (Lipinski definition) is 0. The third-order valence-corrected chi connectivity index (χ3v) is 1.79. The molecule has 0 saturated heterocycles. The molecule has 13 heavy (non-hydrogen) atoms. The van der Waals surface area contributed by atoms with Crippen LogP contribution in [0.4, 0.5) is 0 Å². The van der Waals surface area contributed by atoms with Crippen molar-refractivity contribution in [1.82, 2.24) is 0 Å². The first-order valence-corrected chi connectivity index (χ1v) is 3.99. The van der Waals surface area contributed by atoms with Gasteiger partial charge >= 0.3 is 58.2 Å². The molecular weight excluding hydrogens is 232 g/mol. The maximum Gasteiger partial charge on any atom is 1.00 e. The summed E-state index contributed by atoms with van der Waals surface area (Å²) in [6.45, 7) is 0. The van der Waals surface area contributed by atoms with Crippen molar-refractivity contribution in [3.05, 3.63) is 54.7 Å². The van der Waals surface area contributed by atoms with Crippen LogP contribution in [0.3, 0.4) is 0 Å². The molecule has 0 radical (unpaired) electrons. The summed E-state index contributed by atoms with van der Waals surface area (Å²) in [6.07, 6.45) is 1.93. The average Bonchev–Trinajstić information content (AvgIpc) is 2.21. The van der Waals surface area contributed by atoms with E-state index >= 15 is 0 Å². The first-order valence-electron chi connectivity index (χ1n) is 3.99. The SMILES string of the molecule is [H-].[Rb+].c1ccc(-c2cccc[nH+]2)cc1. The summed E-state index contributed by atoms with van der Waals surface area (Å²) in [6, 6.07) is 16.3. The van der Waals surface area contributed by atoms with Gasteiger partial charge in [0.2, 0.25) is 5.69 Å². The topological polar surface area (TPSA) is 14.1 Å². The van der Waals surface area contributed by atoms with E-state index in [0.717, 1.165) is 5.69 Å². The van der Waals surface area contributed by atoms with Crippen LogP contribution in [-0.2, 0) is 0 Å². The molecule has 0 saturated carbocycles. The summed E-state index contributed by atoms with van der Waals surface area (Å²) in [5, 5.41) is 0. The molecule has 0 amide bonds. The van der Waals surface area contributed by atoms with Crippen molar-refractivity contribution in [3.8, 4) is 11.3 Å². The third-order valence-electron chi connectivity index (χ3n) is 1.79. The minimum atomic E-state index is 0. The molecule has 2 aromatic rings. The molecule has 0 aliphatic carbocycles. The molecule has 1 heterocycles. The Balaban J connectivity index is 0.000000845. The van der Waals surface area contributed by atoms with E-state index in [1.165, 1.54) is 5.56 Å². The van der Waals surface area contributed by atoms with E-state index in [-0.39, 0.29) is 59.6 Å². The van der Waals surface area contributed by atoms with Crippen molar-refractivity contribution in [3.63, 3.8) is 0 Å². The van der Waals surface area contributed by atoms with Crippen molar-refractivity contribution < 1.29 is 64.6 Å². The van der Waals surface area contributed by atoms with Gasteiger partial charge in [0.05, 0.1) is 0 Å². The van der Waals surface area contributed by atoms with E-state index in [0.29, 0.717) is 0 Å². The van der Waals surface area contributed by atoms with Crippen molar-refractivity contribution >= 4 is 0 Å². The molecule has 2 heteroatoms. The van der Waals surface area contributed by atoms with Gasteiger partial charge in [-0.1, -0.05) is 18.2 Å². The zero-order valence-electron chi connectivity index (χ0n) is 8.70. The normalized spacial score (nSPS) is 8.92. The van der Waals surface area contributed by atoms with Gasteiger partial charge in [0, 0.05) is 17.7 Å². The molecule has 0 bridgehead atoms. The van der Waals surface area contributed by atoms with Gasteiger partial charge < -0.3 is 1.43 Å². The molecule has 1 nitrogen and oxygen atoms in total. The maximum atomic E-state index is 3.18. The summed E-state index contributed by atoms with van der Waals surface area (Å²) >= 11 is 0. The van der Waals surface area contributed by atoms with Gasteiger partial charge in [-0.2, -0.15) is 0 Å². The maximum absolute atomic E-state index is 3.18. The Morgan fingerprint density at radius 2 is 1.54 bits per heavy atom. The largest absolute Gasteiger partial charge is 1.00 e. The first kappa shape index (κ1) is 11.3. The summed E-state index contributed by atoms with van der Waals surface area (Å²) in [4.78, 5) is 3.18. The second-order valence-electron chi connectivity index (χ2n) is 2.64. The molecule has 2 rings (SSSR count). The second-order valence-corrected chi connectivity index (χ2v) is 2.64. The van der Waals surface area contributed by atoms with Gasteiger partial charge in [0.25, 0.3) is 0 Å². The summed E-state index contributed by atoms with van der Waals surface area (Å²) in [5.41, 5.74) is 2.37. The molecule has 0 spiro atoms. The zero-order chi connectivity index (χ0) is 8.23. The van der Waals surface area contributed by atoms with E-state index in [9.17, 15) is 0 Å². The third kappa shape index (κ3) is 3.10. The zero-order valence-corrected chi connectivity index (χ0v) is 12.6. The van der Waals surface area contributed by atoms with Crippen LogP contribution in [0.25, 0.3) is 11.3 Å². The van der Waals surface area contributed by atoms with Gasteiger partial charge in [0.1, 0.15) is 0 Å². The van der Waals surface area contributed by atoms with Crippen LogP contribution in [0.5, 0.6) is 0 Å². The van der Waals surface area contributed by atoms with Gasteiger partial charge in [-0.25, -0.2) is 4.98 Å². The number of benzene rings is 1. The van der Waals surface area contributed by atoms with Gasteiger partial charge in [-0.3, -0.25) is 0 Å². The van der Waals surface area contributed by atoms with Crippen molar-refractivity contribution in [2.24, 2.45) is 0 Å². The Hall–Kier alpha value is 0.175. The van der Waals surface area contributed by atoms with Gasteiger partial charge in [-0.15, -0.1) is 0 Å². The van der Waals surface area contributed by atoms with Crippen molar-refractivity contribution in [2.45, 2.75) is 0 Å². The first-order chi connectivity index (χ1) is 5.97. The minimum Gasteiger partial charge on any atom is -1.00 e. The van der Waals surface area contributed by atoms with Crippen LogP contribution >= 0.6 is 0 Å². The number of H-pyrrole nitrogens is 1. The van der Waals surface area contributed by atoms with E-state index in [1.54, 1.807) is 0 Å². The number of aromatic amines is 1. The number of pyridine rings is 1. The summed E-state index contributed by atoms with van der Waals surface area (Å²) < 4.78 is 0. The standard InChI is InChI=1S/C11H9N.Rb.H/c1-2-6-10(7-3-1)11-8-4-5-9-12-11;;/h1-9H;;/q;+1;-1/p+1. The van der Waals surface area contributed by atoms with Crippen molar-refractivity contribution in [2.75, 3.05) is 0 Å². The Morgan fingerprint density at radius 3 is 2.15 bits per heavy atom. The Bertz CT molecular complexity index is 313. The van der Waals surface area contributed by atoms with Crippen LogP contribution in [0.1, 0.15) is 1.43 Å². The van der Waals surface area contributed by atoms with Crippen LogP contribution < -0.4 is 63.2 Å². The molecular formula is C11H11NRb+. The van der Waals surface area contributed by atoms with E-state index in [4.69, 9.17) is 0 Å². The molecule has 0 aliphatic heterocycles. The Morgan fingerprint density at radius 1 is 0.846 bits per heavy atom. The summed E-state index contributed by atoms with van der Waals surface area (Å²) in [7, 11) is 0. The van der Waals surface area contributed by atoms with E-state index in [2.05, 4.69) is 23.2 Å². The number of nitrogens with one attached hydrogen (secondary N) is 1. The predicted octanol–water partition coefficient (Wildman–Crippen LogP) is -0.716.